The molecule has 1 aliphatic rings. The number of carbonyl (C=O) groups is 2. The Labute approximate surface area is 138 Å². The van der Waals surface area contributed by atoms with Crippen LogP contribution in [0.1, 0.15) is 10.4 Å². The third-order valence-electron chi connectivity index (χ3n) is 4.11. The number of halogens is 1. The van der Waals surface area contributed by atoms with E-state index in [-0.39, 0.29) is 18.3 Å². The zero-order valence-corrected chi connectivity index (χ0v) is 13.2. The highest BCUT2D eigenvalue weighted by molar-refractivity contribution is 5.97. The van der Waals surface area contributed by atoms with Gasteiger partial charge in [-0.15, -0.1) is 0 Å². The van der Waals surface area contributed by atoms with Crippen LogP contribution in [-0.2, 0) is 11.8 Å². The summed E-state index contributed by atoms with van der Waals surface area (Å²) in [5.41, 5.74) is 6.71. The fraction of sp³-hybridized carbons (Fsp3) is 0.312. The number of nitrogens with two attached hydrogens (primary N) is 1. The van der Waals surface area contributed by atoms with Gasteiger partial charge in [0.2, 0.25) is 5.91 Å². The number of nitrogens with zero attached hydrogens (tertiary/aromatic N) is 4. The number of aryl methyl sites for hydroxylation is 1. The summed E-state index contributed by atoms with van der Waals surface area (Å²) in [5.74, 6) is -1.17. The lowest BCUT2D eigenvalue weighted by Crippen LogP contribution is -2.60. The average Bonchev–Trinajstić information content (AvgIpc) is 3.01. The summed E-state index contributed by atoms with van der Waals surface area (Å²) in [6.07, 6.45) is 3.07. The van der Waals surface area contributed by atoms with Crippen LogP contribution in [0.15, 0.2) is 36.7 Å². The molecule has 3 rings (SSSR count). The number of carbonyl (C=O) groups excluding carboxylic acids is 2. The van der Waals surface area contributed by atoms with Gasteiger partial charge >= 0.3 is 0 Å². The Morgan fingerprint density at radius 2 is 1.96 bits per heavy atom. The van der Waals surface area contributed by atoms with E-state index in [0.717, 1.165) is 5.69 Å². The lowest BCUT2D eigenvalue weighted by atomic mass is 10.1. The Bertz CT molecular complexity index is 758. The topological polar surface area (TPSA) is 84.5 Å². The standard InChI is InChI=1S/C16H18FN5O2/c1-20-9-11(8-19-20)16(24)22-7-6-21(10-14(22)15(18)23)13-4-2-12(17)3-5-13/h2-5,8-9,14H,6-7,10H2,1H3,(H2,18,23). The highest BCUT2D eigenvalue weighted by Gasteiger charge is 2.35. The van der Waals surface area contributed by atoms with Gasteiger partial charge < -0.3 is 15.5 Å². The molecule has 0 spiro atoms. The van der Waals surface area contributed by atoms with Crippen molar-refractivity contribution in [2.45, 2.75) is 6.04 Å². The summed E-state index contributed by atoms with van der Waals surface area (Å²) in [5, 5.41) is 3.98. The first-order valence-corrected chi connectivity index (χ1v) is 7.55. The second-order valence-corrected chi connectivity index (χ2v) is 5.74. The molecule has 0 radical (unpaired) electrons. The minimum atomic E-state index is -0.753. The smallest absolute Gasteiger partial charge is 0.257 e. The zero-order chi connectivity index (χ0) is 17.3. The Morgan fingerprint density at radius 1 is 1.25 bits per heavy atom. The van der Waals surface area contributed by atoms with Gasteiger partial charge in [0.05, 0.1) is 11.8 Å². The maximum atomic E-state index is 13.1. The van der Waals surface area contributed by atoms with E-state index in [4.69, 9.17) is 5.73 Å². The summed E-state index contributed by atoms with van der Waals surface area (Å²) < 4.78 is 14.6. The summed E-state index contributed by atoms with van der Waals surface area (Å²) in [4.78, 5) is 27.9. The number of amides is 2. The fourth-order valence-electron chi connectivity index (χ4n) is 2.85. The van der Waals surface area contributed by atoms with Crippen molar-refractivity contribution in [3.05, 3.63) is 48.0 Å². The first-order valence-electron chi connectivity index (χ1n) is 7.55. The lowest BCUT2D eigenvalue weighted by Gasteiger charge is -2.40. The van der Waals surface area contributed by atoms with Gasteiger partial charge in [0.1, 0.15) is 11.9 Å². The number of hydrogen-bond acceptors (Lipinski definition) is 4. The van der Waals surface area contributed by atoms with Crippen LogP contribution in [0.3, 0.4) is 0 Å². The Kier molecular flexibility index (Phi) is 4.20. The maximum Gasteiger partial charge on any atom is 0.257 e. The van der Waals surface area contributed by atoms with E-state index < -0.39 is 11.9 Å². The van der Waals surface area contributed by atoms with Crippen LogP contribution in [0.5, 0.6) is 0 Å². The van der Waals surface area contributed by atoms with Crippen LogP contribution < -0.4 is 10.6 Å². The van der Waals surface area contributed by atoms with Crippen LogP contribution in [-0.4, -0.2) is 52.2 Å². The van der Waals surface area contributed by atoms with Gasteiger partial charge in [0.15, 0.2) is 0 Å². The van der Waals surface area contributed by atoms with Gasteiger partial charge in [-0.3, -0.25) is 14.3 Å². The minimum absolute atomic E-state index is 0.271. The molecular formula is C16H18FN5O2. The summed E-state index contributed by atoms with van der Waals surface area (Å²) in [6.45, 7) is 1.15. The molecule has 1 fully saturated rings. The highest BCUT2D eigenvalue weighted by atomic mass is 19.1. The van der Waals surface area contributed by atoms with E-state index in [1.54, 1.807) is 25.4 Å². The maximum absolute atomic E-state index is 13.1. The van der Waals surface area contributed by atoms with Crippen molar-refractivity contribution in [1.82, 2.24) is 14.7 Å². The van der Waals surface area contributed by atoms with Gasteiger partial charge in [-0.2, -0.15) is 5.10 Å². The molecule has 7 nitrogen and oxygen atoms in total. The molecule has 1 aromatic carbocycles. The fourth-order valence-corrected chi connectivity index (χ4v) is 2.85. The van der Waals surface area contributed by atoms with Crippen molar-refractivity contribution in [2.75, 3.05) is 24.5 Å². The van der Waals surface area contributed by atoms with Crippen LogP contribution in [0.2, 0.25) is 0 Å². The molecule has 1 aromatic heterocycles. The Balaban J connectivity index is 1.80. The molecule has 2 N–H and O–H groups in total. The monoisotopic (exact) mass is 331 g/mol. The van der Waals surface area contributed by atoms with E-state index >= 15 is 0 Å². The normalized spacial score (nSPS) is 17.8. The number of piperazine rings is 1. The number of hydrogen-bond donors (Lipinski definition) is 1. The molecule has 2 heterocycles. The molecule has 8 heteroatoms. The lowest BCUT2D eigenvalue weighted by molar-refractivity contribution is -0.122. The molecule has 1 atom stereocenters. The third-order valence-corrected chi connectivity index (χ3v) is 4.11. The van der Waals surface area contributed by atoms with Crippen LogP contribution in [0.4, 0.5) is 10.1 Å². The van der Waals surface area contributed by atoms with Crippen molar-refractivity contribution in [3.8, 4) is 0 Å². The SMILES string of the molecule is Cn1cc(C(=O)N2CCN(c3ccc(F)cc3)CC2C(N)=O)cn1. The molecule has 1 unspecified atom stereocenters. The summed E-state index contributed by atoms with van der Waals surface area (Å²) in [7, 11) is 1.72. The van der Waals surface area contributed by atoms with E-state index in [9.17, 15) is 14.0 Å². The van der Waals surface area contributed by atoms with E-state index in [1.807, 2.05) is 4.90 Å². The van der Waals surface area contributed by atoms with Crippen LogP contribution in [0, 0.1) is 5.82 Å². The number of benzene rings is 1. The third kappa shape index (κ3) is 3.08. The highest BCUT2D eigenvalue weighted by Crippen LogP contribution is 2.21. The number of primary amides is 1. The van der Waals surface area contributed by atoms with E-state index in [1.165, 1.54) is 27.9 Å². The molecule has 2 aromatic rings. The summed E-state index contributed by atoms with van der Waals surface area (Å²) >= 11 is 0. The van der Waals surface area contributed by atoms with E-state index in [0.29, 0.717) is 18.7 Å². The molecule has 0 saturated carbocycles. The number of rotatable bonds is 3. The molecule has 1 aliphatic heterocycles. The number of anilines is 1. The van der Waals surface area contributed by atoms with E-state index in [2.05, 4.69) is 5.10 Å². The van der Waals surface area contributed by atoms with Crippen molar-refractivity contribution in [1.29, 1.82) is 0 Å². The second kappa shape index (κ2) is 6.31. The van der Waals surface area contributed by atoms with Gasteiger partial charge in [0.25, 0.3) is 5.91 Å². The zero-order valence-electron chi connectivity index (χ0n) is 13.2. The van der Waals surface area contributed by atoms with Crippen LogP contribution >= 0.6 is 0 Å². The first-order chi connectivity index (χ1) is 11.5. The average molecular weight is 331 g/mol. The Hall–Kier alpha value is -2.90. The molecule has 126 valence electrons. The largest absolute Gasteiger partial charge is 0.368 e. The molecular weight excluding hydrogens is 313 g/mol. The molecule has 2 amide bonds. The molecule has 24 heavy (non-hydrogen) atoms. The quantitative estimate of drug-likeness (QED) is 0.881. The second-order valence-electron chi connectivity index (χ2n) is 5.74. The van der Waals surface area contributed by atoms with Crippen molar-refractivity contribution >= 4 is 17.5 Å². The van der Waals surface area contributed by atoms with Gasteiger partial charge in [-0.25, -0.2) is 4.39 Å². The first kappa shape index (κ1) is 16.0. The van der Waals surface area contributed by atoms with Crippen LogP contribution in [0.25, 0.3) is 0 Å². The molecule has 1 saturated heterocycles. The number of aromatic nitrogens is 2. The predicted octanol–water partition coefficient (Wildman–Crippen LogP) is 0.376. The van der Waals surface area contributed by atoms with Crippen molar-refractivity contribution in [2.24, 2.45) is 12.8 Å². The summed E-state index contributed by atoms with van der Waals surface area (Å²) in [6, 6.07) is 5.26. The van der Waals surface area contributed by atoms with Crippen molar-refractivity contribution < 1.29 is 14.0 Å². The van der Waals surface area contributed by atoms with Gasteiger partial charge in [-0.05, 0) is 24.3 Å². The Morgan fingerprint density at radius 3 is 2.54 bits per heavy atom. The minimum Gasteiger partial charge on any atom is -0.368 e. The molecule has 0 bridgehead atoms. The van der Waals surface area contributed by atoms with Gasteiger partial charge in [-0.1, -0.05) is 0 Å². The van der Waals surface area contributed by atoms with Crippen molar-refractivity contribution in [3.63, 3.8) is 0 Å². The molecule has 0 aliphatic carbocycles. The predicted molar refractivity (Wildman–Crippen MR) is 85.8 cm³/mol. The van der Waals surface area contributed by atoms with Gasteiger partial charge in [0, 0.05) is 38.6 Å².